The molecule has 3 rings (SSSR count). The van der Waals surface area contributed by atoms with Crippen molar-refractivity contribution < 1.29 is 32.6 Å². The van der Waals surface area contributed by atoms with Crippen molar-refractivity contribution in [3.63, 3.8) is 0 Å². The van der Waals surface area contributed by atoms with E-state index in [4.69, 9.17) is 4.74 Å². The highest BCUT2D eigenvalue weighted by atomic mass is 19.4. The molecule has 182 valence electrons. The van der Waals surface area contributed by atoms with Gasteiger partial charge in [-0.3, -0.25) is 9.78 Å². The minimum Gasteiger partial charge on any atom is -0.467 e. The fourth-order valence-corrected chi connectivity index (χ4v) is 3.34. The number of halogens is 3. The number of benzene rings is 2. The molecule has 0 saturated carbocycles. The number of hydrogen-bond acceptors (Lipinski definition) is 5. The third-order valence-electron chi connectivity index (χ3n) is 5.23. The molecule has 1 atom stereocenters. The molecular formula is C26H23F3N2O4. The van der Waals surface area contributed by atoms with Gasteiger partial charge in [-0.1, -0.05) is 42.5 Å². The molecule has 0 aliphatic carbocycles. The molecule has 1 N–H and O–H groups in total. The second-order valence-electron chi connectivity index (χ2n) is 7.55. The number of carbonyl (C=O) groups is 2. The van der Waals surface area contributed by atoms with Crippen molar-refractivity contribution in [2.24, 2.45) is 0 Å². The number of methoxy groups -OCH3 is 1. The Morgan fingerprint density at radius 3 is 2.29 bits per heavy atom. The summed E-state index contributed by atoms with van der Waals surface area (Å²) in [6.45, 7) is -0.683. The molecule has 2 aromatic carbocycles. The van der Waals surface area contributed by atoms with E-state index in [1.165, 1.54) is 18.2 Å². The average molecular weight is 484 g/mol. The number of pyridine rings is 1. The number of nitrogens with zero attached hydrogens (tertiary/aromatic N) is 2. The molecular weight excluding hydrogens is 461 g/mol. The highest BCUT2D eigenvalue weighted by Crippen LogP contribution is 2.29. The molecule has 0 fully saturated rings. The van der Waals surface area contributed by atoms with E-state index in [-0.39, 0.29) is 6.54 Å². The van der Waals surface area contributed by atoms with E-state index in [0.29, 0.717) is 11.1 Å². The molecule has 0 saturated heterocycles. The van der Waals surface area contributed by atoms with Gasteiger partial charge in [0.2, 0.25) is 5.91 Å². The third-order valence-corrected chi connectivity index (χ3v) is 5.23. The Bertz CT molecular complexity index is 1160. The zero-order chi connectivity index (χ0) is 25.4. The summed E-state index contributed by atoms with van der Waals surface area (Å²) >= 11 is 0. The molecule has 0 bridgehead atoms. The van der Waals surface area contributed by atoms with Crippen LogP contribution in [0.25, 0.3) is 17.3 Å². The molecule has 0 aliphatic rings. The largest absolute Gasteiger partial charge is 0.467 e. The van der Waals surface area contributed by atoms with Crippen LogP contribution in [0, 0.1) is 0 Å². The Balaban J connectivity index is 1.82. The minimum absolute atomic E-state index is 0.0149. The van der Waals surface area contributed by atoms with Gasteiger partial charge >= 0.3 is 12.1 Å². The number of aromatic nitrogens is 1. The van der Waals surface area contributed by atoms with Crippen LogP contribution in [-0.4, -0.2) is 46.6 Å². The van der Waals surface area contributed by atoms with Gasteiger partial charge in [-0.2, -0.15) is 13.2 Å². The van der Waals surface area contributed by atoms with Crippen molar-refractivity contribution in [1.82, 2.24) is 9.88 Å². The van der Waals surface area contributed by atoms with Crippen molar-refractivity contribution in [2.45, 2.75) is 18.8 Å². The number of aliphatic hydroxyl groups excluding tert-OH is 1. The first-order valence-corrected chi connectivity index (χ1v) is 10.6. The topological polar surface area (TPSA) is 79.7 Å². The standard InChI is InChI=1S/C26H23F3N2O4/c1-35-25(34)23(17-32)31(16-19-5-10-20(11-6-19)22-4-2-3-15-30-22)24(33)14-9-18-7-12-21(13-8-18)26(27,28)29/h2-15,23,32H,16-17H2,1H3. The number of alkyl halides is 3. The molecule has 1 unspecified atom stereocenters. The molecule has 35 heavy (non-hydrogen) atoms. The van der Waals surface area contributed by atoms with Gasteiger partial charge in [-0.05, 0) is 41.5 Å². The zero-order valence-corrected chi connectivity index (χ0v) is 18.8. The molecule has 1 amide bonds. The minimum atomic E-state index is -4.46. The number of esters is 1. The van der Waals surface area contributed by atoms with Crippen LogP contribution in [0.3, 0.4) is 0 Å². The van der Waals surface area contributed by atoms with E-state index in [1.54, 1.807) is 24.4 Å². The van der Waals surface area contributed by atoms with Gasteiger partial charge in [0.15, 0.2) is 6.04 Å². The van der Waals surface area contributed by atoms with Crippen LogP contribution in [0.2, 0.25) is 0 Å². The monoisotopic (exact) mass is 484 g/mol. The summed E-state index contributed by atoms with van der Waals surface area (Å²) in [5.41, 5.74) is 1.88. The highest BCUT2D eigenvalue weighted by molar-refractivity contribution is 5.94. The fourth-order valence-electron chi connectivity index (χ4n) is 3.34. The van der Waals surface area contributed by atoms with Gasteiger partial charge in [-0.15, -0.1) is 0 Å². The SMILES string of the molecule is COC(=O)C(CO)N(Cc1ccc(-c2ccccn2)cc1)C(=O)C=Cc1ccc(C(F)(F)F)cc1. The van der Waals surface area contributed by atoms with Gasteiger partial charge in [0.05, 0.1) is 25.0 Å². The summed E-state index contributed by atoms with van der Waals surface area (Å²) in [4.78, 5) is 30.6. The molecule has 9 heteroatoms. The van der Waals surface area contributed by atoms with Gasteiger partial charge in [0.25, 0.3) is 0 Å². The number of amides is 1. The predicted octanol–water partition coefficient (Wildman–Crippen LogP) is 4.34. The van der Waals surface area contributed by atoms with Crippen molar-refractivity contribution >= 4 is 18.0 Å². The normalized spacial score (nSPS) is 12.4. The van der Waals surface area contributed by atoms with Crippen molar-refractivity contribution in [1.29, 1.82) is 0 Å². The lowest BCUT2D eigenvalue weighted by Crippen LogP contribution is -2.46. The molecule has 0 spiro atoms. The van der Waals surface area contributed by atoms with Crippen LogP contribution in [-0.2, 0) is 27.0 Å². The lowest BCUT2D eigenvalue weighted by Gasteiger charge is -2.28. The molecule has 1 aromatic heterocycles. The van der Waals surface area contributed by atoms with E-state index in [2.05, 4.69) is 4.98 Å². The lowest BCUT2D eigenvalue weighted by molar-refractivity contribution is -0.153. The van der Waals surface area contributed by atoms with Crippen LogP contribution in [0.4, 0.5) is 13.2 Å². The zero-order valence-electron chi connectivity index (χ0n) is 18.8. The molecule has 1 heterocycles. The quantitative estimate of drug-likeness (QED) is 0.380. The average Bonchev–Trinajstić information content (AvgIpc) is 2.87. The summed E-state index contributed by atoms with van der Waals surface area (Å²) in [7, 11) is 1.15. The number of carbonyl (C=O) groups excluding carboxylic acids is 2. The Labute approximate surface area is 200 Å². The Morgan fingerprint density at radius 2 is 1.74 bits per heavy atom. The number of aliphatic hydroxyl groups is 1. The van der Waals surface area contributed by atoms with E-state index < -0.39 is 36.3 Å². The first kappa shape index (κ1) is 25.6. The van der Waals surface area contributed by atoms with E-state index in [0.717, 1.165) is 41.5 Å². The maximum absolute atomic E-state index is 13.0. The molecule has 0 aliphatic heterocycles. The second kappa shape index (κ2) is 11.4. The summed E-state index contributed by atoms with van der Waals surface area (Å²) < 4.78 is 43.0. The fraction of sp³-hybridized carbons (Fsp3) is 0.192. The number of rotatable bonds is 8. The van der Waals surface area contributed by atoms with Crippen LogP contribution in [0.5, 0.6) is 0 Å². The van der Waals surface area contributed by atoms with Gasteiger partial charge in [0, 0.05) is 24.4 Å². The Hall–Kier alpha value is -3.98. The van der Waals surface area contributed by atoms with Crippen molar-refractivity contribution in [2.75, 3.05) is 13.7 Å². The number of ether oxygens (including phenoxy) is 1. The Kier molecular flexibility index (Phi) is 8.38. The number of hydrogen-bond donors (Lipinski definition) is 1. The molecule has 6 nitrogen and oxygen atoms in total. The first-order chi connectivity index (χ1) is 16.7. The second-order valence-corrected chi connectivity index (χ2v) is 7.55. The Morgan fingerprint density at radius 1 is 1.06 bits per heavy atom. The summed E-state index contributed by atoms with van der Waals surface area (Å²) in [5, 5.41) is 9.78. The summed E-state index contributed by atoms with van der Waals surface area (Å²) in [5.74, 6) is -1.42. The maximum Gasteiger partial charge on any atom is 0.416 e. The van der Waals surface area contributed by atoms with Crippen LogP contribution in [0.15, 0.2) is 79.0 Å². The lowest BCUT2D eigenvalue weighted by atomic mass is 10.1. The highest BCUT2D eigenvalue weighted by Gasteiger charge is 2.30. The summed E-state index contributed by atoms with van der Waals surface area (Å²) in [6, 6.07) is 15.7. The third kappa shape index (κ3) is 6.77. The van der Waals surface area contributed by atoms with Gasteiger partial charge < -0.3 is 14.7 Å². The van der Waals surface area contributed by atoms with Crippen LogP contribution < -0.4 is 0 Å². The van der Waals surface area contributed by atoms with E-state index >= 15 is 0 Å². The first-order valence-electron chi connectivity index (χ1n) is 10.6. The predicted molar refractivity (Wildman–Crippen MR) is 124 cm³/mol. The van der Waals surface area contributed by atoms with Crippen LogP contribution >= 0.6 is 0 Å². The smallest absolute Gasteiger partial charge is 0.416 e. The molecule has 0 radical (unpaired) electrons. The maximum atomic E-state index is 13.0. The van der Waals surface area contributed by atoms with E-state index in [1.807, 2.05) is 24.3 Å². The van der Waals surface area contributed by atoms with Gasteiger partial charge in [-0.25, -0.2) is 4.79 Å². The van der Waals surface area contributed by atoms with Crippen molar-refractivity contribution in [3.05, 3.63) is 95.7 Å². The summed E-state index contributed by atoms with van der Waals surface area (Å²) in [6.07, 6.45) is -0.313. The van der Waals surface area contributed by atoms with E-state index in [9.17, 15) is 27.9 Å². The van der Waals surface area contributed by atoms with Crippen LogP contribution in [0.1, 0.15) is 16.7 Å². The van der Waals surface area contributed by atoms with Crippen molar-refractivity contribution in [3.8, 4) is 11.3 Å². The molecule has 3 aromatic rings. The van der Waals surface area contributed by atoms with Gasteiger partial charge in [0.1, 0.15) is 0 Å².